The summed E-state index contributed by atoms with van der Waals surface area (Å²) in [5, 5.41) is 20.0. The van der Waals surface area contributed by atoms with E-state index in [1.54, 1.807) is 24.5 Å². The number of aryl methyl sites for hydroxylation is 1. The number of phenols is 1. The molecule has 0 aliphatic carbocycles. The van der Waals surface area contributed by atoms with Gasteiger partial charge in [0.15, 0.2) is 0 Å². The van der Waals surface area contributed by atoms with Crippen LogP contribution in [-0.2, 0) is 18.0 Å². The number of nitrogens with one attached hydrogen (secondary N) is 1. The predicted molar refractivity (Wildman–Crippen MR) is 92.4 cm³/mol. The lowest BCUT2D eigenvalue weighted by Crippen LogP contribution is -2.00. The predicted octanol–water partition coefficient (Wildman–Crippen LogP) is 3.13. The zero-order valence-corrected chi connectivity index (χ0v) is 13.5. The molecule has 6 heteroatoms. The maximum atomic E-state index is 11.2. The van der Waals surface area contributed by atoms with Gasteiger partial charge in [-0.05, 0) is 29.8 Å². The summed E-state index contributed by atoms with van der Waals surface area (Å²) in [5.74, 6) is 0.166. The van der Waals surface area contributed by atoms with E-state index in [9.17, 15) is 14.6 Å². The number of hydrogen-bond donors (Lipinski definition) is 2. The Hall–Kier alpha value is -2.78. The summed E-state index contributed by atoms with van der Waals surface area (Å²) in [6.45, 7) is 0. The van der Waals surface area contributed by atoms with Gasteiger partial charge in [-0.1, -0.05) is 12.1 Å². The van der Waals surface area contributed by atoms with E-state index in [-0.39, 0.29) is 5.75 Å². The first kappa shape index (κ1) is 15.1. The molecule has 2 N–H and O–H groups in total. The zero-order valence-electron chi connectivity index (χ0n) is 12.7. The molecule has 0 saturated heterocycles. The Kier molecular flexibility index (Phi) is 3.80. The molecule has 0 fully saturated rings. The minimum Gasteiger partial charge on any atom is -0.508 e. The van der Waals surface area contributed by atoms with E-state index < -0.39 is 11.0 Å². The second kappa shape index (κ2) is 5.78. The van der Waals surface area contributed by atoms with Gasteiger partial charge in [0, 0.05) is 30.4 Å². The van der Waals surface area contributed by atoms with E-state index in [1.807, 2.05) is 35.9 Å². The number of anilines is 1. The highest BCUT2D eigenvalue weighted by atomic mass is 32.2. The van der Waals surface area contributed by atoms with Crippen molar-refractivity contribution in [3.05, 3.63) is 48.0 Å². The summed E-state index contributed by atoms with van der Waals surface area (Å²) in [5.41, 5.74) is 3.80. The standard InChI is InChI=1S/C17H15N3O2S/c1-20-16-9-13(21)7-8-14(16)15(10-18)17(20)11-3-5-12(6-4-11)19-23(2)22/h3-9,19,21H,1-2H3. The molecule has 23 heavy (non-hydrogen) atoms. The number of nitriles is 1. The van der Waals surface area contributed by atoms with Gasteiger partial charge in [-0.15, -0.1) is 0 Å². The number of aromatic nitrogens is 1. The lowest BCUT2D eigenvalue weighted by Gasteiger charge is -2.07. The van der Waals surface area contributed by atoms with E-state index in [0.717, 1.165) is 27.8 Å². The van der Waals surface area contributed by atoms with Gasteiger partial charge in [0.1, 0.15) is 22.8 Å². The van der Waals surface area contributed by atoms with Gasteiger partial charge in [0.25, 0.3) is 0 Å². The number of hydrogen-bond acceptors (Lipinski definition) is 3. The van der Waals surface area contributed by atoms with Crippen molar-refractivity contribution in [3.63, 3.8) is 0 Å². The van der Waals surface area contributed by atoms with Crippen LogP contribution in [-0.4, -0.2) is 20.1 Å². The minimum atomic E-state index is -1.13. The van der Waals surface area contributed by atoms with Crippen LogP contribution in [0.15, 0.2) is 42.5 Å². The molecule has 3 aromatic rings. The fraction of sp³-hybridized carbons (Fsp3) is 0.118. The first-order valence-corrected chi connectivity index (χ1v) is 8.49. The monoisotopic (exact) mass is 325 g/mol. The topological polar surface area (TPSA) is 78.0 Å². The molecule has 116 valence electrons. The number of rotatable bonds is 3. The maximum absolute atomic E-state index is 11.2. The molecule has 0 amide bonds. The van der Waals surface area contributed by atoms with Gasteiger partial charge in [-0.2, -0.15) is 5.26 Å². The molecule has 2 aromatic carbocycles. The third-order valence-electron chi connectivity index (χ3n) is 3.72. The molecule has 5 nitrogen and oxygen atoms in total. The SMILES string of the molecule is Cn1c(-c2ccc(NS(C)=O)cc2)c(C#N)c2ccc(O)cc21. The van der Waals surface area contributed by atoms with Crippen LogP contribution in [0.5, 0.6) is 5.75 Å². The molecule has 1 aromatic heterocycles. The third-order valence-corrected chi connectivity index (χ3v) is 4.24. The summed E-state index contributed by atoms with van der Waals surface area (Å²) < 4.78 is 15.9. The smallest absolute Gasteiger partial charge is 0.117 e. The van der Waals surface area contributed by atoms with Crippen molar-refractivity contribution in [2.45, 2.75) is 0 Å². The summed E-state index contributed by atoms with van der Waals surface area (Å²) in [6, 6.07) is 14.6. The number of benzene rings is 2. The van der Waals surface area contributed by atoms with Gasteiger partial charge >= 0.3 is 0 Å². The van der Waals surface area contributed by atoms with Crippen LogP contribution in [0.2, 0.25) is 0 Å². The summed E-state index contributed by atoms with van der Waals surface area (Å²) >= 11 is 0. The molecule has 0 aliphatic rings. The van der Waals surface area contributed by atoms with Crippen LogP contribution in [0.1, 0.15) is 5.56 Å². The summed E-state index contributed by atoms with van der Waals surface area (Å²) in [4.78, 5) is 0. The number of fused-ring (bicyclic) bond motifs is 1. The van der Waals surface area contributed by atoms with Crippen molar-refractivity contribution in [2.75, 3.05) is 11.0 Å². The number of aromatic hydroxyl groups is 1. The Bertz CT molecular complexity index is 953. The van der Waals surface area contributed by atoms with Gasteiger partial charge in [-0.25, -0.2) is 4.21 Å². The van der Waals surface area contributed by atoms with E-state index in [1.165, 1.54) is 0 Å². The fourth-order valence-corrected chi connectivity index (χ4v) is 3.21. The molecule has 0 radical (unpaired) electrons. The second-order valence-electron chi connectivity index (χ2n) is 5.23. The average molecular weight is 325 g/mol. The quantitative estimate of drug-likeness (QED) is 0.776. The van der Waals surface area contributed by atoms with E-state index in [2.05, 4.69) is 10.8 Å². The van der Waals surface area contributed by atoms with Gasteiger partial charge in [-0.3, -0.25) is 0 Å². The van der Waals surface area contributed by atoms with E-state index in [0.29, 0.717) is 5.56 Å². The highest BCUT2D eigenvalue weighted by Gasteiger charge is 2.16. The first-order chi connectivity index (χ1) is 11.0. The summed E-state index contributed by atoms with van der Waals surface area (Å²) in [7, 11) is 0.738. The maximum Gasteiger partial charge on any atom is 0.117 e. The Balaban J connectivity index is 2.18. The average Bonchev–Trinajstić information content (AvgIpc) is 2.79. The Morgan fingerprint density at radius 1 is 1.22 bits per heavy atom. The molecule has 1 heterocycles. The molecule has 1 atom stereocenters. The largest absolute Gasteiger partial charge is 0.508 e. The van der Waals surface area contributed by atoms with E-state index >= 15 is 0 Å². The van der Waals surface area contributed by atoms with Crippen molar-refractivity contribution in [1.82, 2.24) is 4.57 Å². The zero-order chi connectivity index (χ0) is 16.6. The first-order valence-electron chi connectivity index (χ1n) is 6.93. The van der Waals surface area contributed by atoms with Crippen LogP contribution in [0.4, 0.5) is 5.69 Å². The third kappa shape index (κ3) is 2.67. The molecule has 1 unspecified atom stereocenters. The molecule has 0 spiro atoms. The fourth-order valence-electron chi connectivity index (χ4n) is 2.74. The Morgan fingerprint density at radius 3 is 2.52 bits per heavy atom. The van der Waals surface area contributed by atoms with Crippen LogP contribution in [0.3, 0.4) is 0 Å². The van der Waals surface area contributed by atoms with Crippen LogP contribution >= 0.6 is 0 Å². The molecule has 0 aliphatic heterocycles. The van der Waals surface area contributed by atoms with Gasteiger partial charge in [0.05, 0.1) is 16.8 Å². The normalized spacial score (nSPS) is 12.0. The molecule has 0 saturated carbocycles. The van der Waals surface area contributed by atoms with Crippen LogP contribution in [0, 0.1) is 11.3 Å². The van der Waals surface area contributed by atoms with Crippen molar-refractivity contribution < 1.29 is 9.32 Å². The van der Waals surface area contributed by atoms with Gasteiger partial charge < -0.3 is 14.4 Å². The van der Waals surface area contributed by atoms with Crippen molar-refractivity contribution >= 4 is 27.6 Å². The van der Waals surface area contributed by atoms with Crippen molar-refractivity contribution in [3.8, 4) is 23.1 Å². The molecule has 0 bridgehead atoms. The number of phenolic OH excluding ortho intramolecular Hbond substituents is 1. The summed E-state index contributed by atoms with van der Waals surface area (Å²) in [6.07, 6.45) is 1.57. The van der Waals surface area contributed by atoms with Gasteiger partial charge in [0.2, 0.25) is 0 Å². The lowest BCUT2D eigenvalue weighted by molar-refractivity contribution is 0.476. The molecular formula is C17H15N3O2S. The molecular weight excluding hydrogens is 310 g/mol. The highest BCUT2D eigenvalue weighted by molar-refractivity contribution is 7.85. The Morgan fingerprint density at radius 2 is 1.91 bits per heavy atom. The lowest BCUT2D eigenvalue weighted by atomic mass is 10.1. The van der Waals surface area contributed by atoms with Crippen molar-refractivity contribution in [2.24, 2.45) is 7.05 Å². The second-order valence-corrected chi connectivity index (χ2v) is 6.34. The molecule has 3 rings (SSSR count). The number of nitrogens with zero attached hydrogens (tertiary/aromatic N) is 2. The minimum absolute atomic E-state index is 0.166. The van der Waals surface area contributed by atoms with Crippen LogP contribution in [0.25, 0.3) is 22.2 Å². The highest BCUT2D eigenvalue weighted by Crippen LogP contribution is 2.34. The van der Waals surface area contributed by atoms with Crippen LogP contribution < -0.4 is 4.72 Å². The van der Waals surface area contributed by atoms with Crippen molar-refractivity contribution in [1.29, 1.82) is 5.26 Å². The Labute approximate surface area is 136 Å². The van der Waals surface area contributed by atoms with E-state index in [4.69, 9.17) is 0 Å².